The Morgan fingerprint density at radius 3 is 2.72 bits per heavy atom. The van der Waals surface area contributed by atoms with Crippen molar-refractivity contribution in [2.24, 2.45) is 5.92 Å². The van der Waals surface area contributed by atoms with Crippen molar-refractivity contribution >= 4 is 23.2 Å². The minimum atomic E-state index is -0.988. The standard InChI is InChI=1S/C12H18N2O3S/c1-8(2)11(12(16)17)14-9(15)4-3-5-10-13-6-7-18-10/h6-8,11H,3-5H2,1-2H3,(H,14,15)(H,16,17)/t11-/m0/s1. The minimum absolute atomic E-state index is 0.120. The maximum Gasteiger partial charge on any atom is 0.326 e. The number of amides is 1. The smallest absolute Gasteiger partial charge is 0.326 e. The molecule has 0 fully saturated rings. The summed E-state index contributed by atoms with van der Waals surface area (Å²) in [7, 11) is 0. The van der Waals surface area contributed by atoms with E-state index in [4.69, 9.17) is 5.11 Å². The van der Waals surface area contributed by atoms with Gasteiger partial charge in [0.1, 0.15) is 6.04 Å². The summed E-state index contributed by atoms with van der Waals surface area (Å²) < 4.78 is 0. The molecule has 0 saturated carbocycles. The highest BCUT2D eigenvalue weighted by molar-refractivity contribution is 7.09. The summed E-state index contributed by atoms with van der Waals surface area (Å²) in [5.41, 5.74) is 0. The third-order valence-electron chi connectivity index (χ3n) is 2.53. The van der Waals surface area contributed by atoms with Gasteiger partial charge >= 0.3 is 5.97 Å². The number of carboxylic acids is 1. The van der Waals surface area contributed by atoms with Crippen LogP contribution in [0.3, 0.4) is 0 Å². The van der Waals surface area contributed by atoms with E-state index in [1.807, 2.05) is 5.38 Å². The highest BCUT2D eigenvalue weighted by atomic mass is 32.1. The first-order valence-corrected chi connectivity index (χ1v) is 6.79. The zero-order chi connectivity index (χ0) is 13.5. The number of carbonyl (C=O) groups is 2. The van der Waals surface area contributed by atoms with Gasteiger partial charge in [-0.15, -0.1) is 11.3 Å². The number of nitrogens with zero attached hydrogens (tertiary/aromatic N) is 1. The van der Waals surface area contributed by atoms with Crippen molar-refractivity contribution in [3.63, 3.8) is 0 Å². The lowest BCUT2D eigenvalue weighted by Gasteiger charge is -2.17. The monoisotopic (exact) mass is 270 g/mol. The van der Waals surface area contributed by atoms with E-state index in [1.165, 1.54) is 0 Å². The summed E-state index contributed by atoms with van der Waals surface area (Å²) >= 11 is 1.56. The second-order valence-electron chi connectivity index (χ2n) is 4.41. The zero-order valence-electron chi connectivity index (χ0n) is 10.5. The Morgan fingerprint density at radius 2 is 2.22 bits per heavy atom. The Labute approximate surface area is 110 Å². The summed E-state index contributed by atoms with van der Waals surface area (Å²) in [5, 5.41) is 14.4. The maximum absolute atomic E-state index is 11.6. The van der Waals surface area contributed by atoms with E-state index >= 15 is 0 Å². The molecule has 6 heteroatoms. The van der Waals surface area contributed by atoms with E-state index in [0.717, 1.165) is 11.4 Å². The number of thiazole rings is 1. The lowest BCUT2D eigenvalue weighted by molar-refractivity contribution is -0.143. The van der Waals surface area contributed by atoms with E-state index in [2.05, 4.69) is 10.3 Å². The molecule has 0 aliphatic rings. The first-order chi connectivity index (χ1) is 8.50. The molecule has 0 unspecified atom stereocenters. The molecule has 1 aromatic rings. The van der Waals surface area contributed by atoms with Gasteiger partial charge in [0.25, 0.3) is 0 Å². The Morgan fingerprint density at radius 1 is 1.50 bits per heavy atom. The molecule has 0 aliphatic carbocycles. The van der Waals surface area contributed by atoms with Crippen LogP contribution in [-0.4, -0.2) is 28.0 Å². The van der Waals surface area contributed by atoms with Crippen LogP contribution < -0.4 is 5.32 Å². The lowest BCUT2D eigenvalue weighted by Crippen LogP contribution is -2.44. The molecule has 1 atom stereocenters. The third kappa shape index (κ3) is 4.83. The van der Waals surface area contributed by atoms with Crippen LogP contribution in [0.5, 0.6) is 0 Å². The van der Waals surface area contributed by atoms with Crippen LogP contribution in [-0.2, 0) is 16.0 Å². The van der Waals surface area contributed by atoms with Crippen molar-refractivity contribution < 1.29 is 14.7 Å². The number of aliphatic carboxylic acids is 1. The molecule has 1 rings (SSSR count). The van der Waals surface area contributed by atoms with Crippen LogP contribution in [0.4, 0.5) is 0 Å². The van der Waals surface area contributed by atoms with Crippen molar-refractivity contribution in [3.8, 4) is 0 Å². The largest absolute Gasteiger partial charge is 0.480 e. The minimum Gasteiger partial charge on any atom is -0.480 e. The van der Waals surface area contributed by atoms with Crippen LogP contribution in [0.1, 0.15) is 31.7 Å². The SMILES string of the molecule is CC(C)[C@H](NC(=O)CCCc1nccs1)C(=O)O. The quantitative estimate of drug-likeness (QED) is 0.790. The average molecular weight is 270 g/mol. The molecule has 2 N–H and O–H groups in total. The molecule has 0 aliphatic heterocycles. The number of hydrogen-bond donors (Lipinski definition) is 2. The number of carbonyl (C=O) groups excluding carboxylic acids is 1. The average Bonchev–Trinajstić information content (AvgIpc) is 2.78. The highest BCUT2D eigenvalue weighted by Crippen LogP contribution is 2.08. The first-order valence-electron chi connectivity index (χ1n) is 5.91. The fourth-order valence-electron chi connectivity index (χ4n) is 1.54. The summed E-state index contributed by atoms with van der Waals surface area (Å²) in [6, 6.07) is -0.808. The van der Waals surface area contributed by atoms with E-state index in [-0.39, 0.29) is 11.8 Å². The Bertz CT molecular complexity index is 390. The van der Waals surface area contributed by atoms with Crippen LogP contribution >= 0.6 is 11.3 Å². The van der Waals surface area contributed by atoms with Crippen molar-refractivity contribution in [3.05, 3.63) is 16.6 Å². The Hall–Kier alpha value is -1.43. The summed E-state index contributed by atoms with van der Waals surface area (Å²) in [6.45, 7) is 3.54. The molecule has 0 aromatic carbocycles. The van der Waals surface area contributed by atoms with Gasteiger partial charge in [-0.05, 0) is 18.8 Å². The van der Waals surface area contributed by atoms with Crippen LogP contribution in [0.2, 0.25) is 0 Å². The second kappa shape index (κ2) is 7.10. The molecule has 1 aromatic heterocycles. The summed E-state index contributed by atoms with van der Waals surface area (Å²) in [5.74, 6) is -1.32. The number of aromatic nitrogens is 1. The maximum atomic E-state index is 11.6. The molecule has 1 heterocycles. The van der Waals surface area contributed by atoms with E-state index < -0.39 is 12.0 Å². The molecule has 18 heavy (non-hydrogen) atoms. The van der Waals surface area contributed by atoms with Gasteiger partial charge in [0.15, 0.2) is 0 Å². The number of hydrogen-bond acceptors (Lipinski definition) is 4. The van der Waals surface area contributed by atoms with Crippen molar-refractivity contribution in [2.45, 2.75) is 39.2 Å². The van der Waals surface area contributed by atoms with Crippen molar-refractivity contribution in [2.75, 3.05) is 0 Å². The topological polar surface area (TPSA) is 79.3 Å². The van der Waals surface area contributed by atoms with Crippen LogP contribution in [0.25, 0.3) is 0 Å². The van der Waals surface area contributed by atoms with Crippen LogP contribution in [0, 0.1) is 5.92 Å². The van der Waals surface area contributed by atoms with Crippen molar-refractivity contribution in [1.82, 2.24) is 10.3 Å². The fraction of sp³-hybridized carbons (Fsp3) is 0.583. The van der Waals surface area contributed by atoms with Crippen molar-refractivity contribution in [1.29, 1.82) is 0 Å². The molecule has 0 radical (unpaired) electrons. The molecule has 100 valence electrons. The zero-order valence-corrected chi connectivity index (χ0v) is 11.4. The predicted octanol–water partition coefficient (Wildman–Crippen LogP) is 1.69. The first kappa shape index (κ1) is 14.6. The van der Waals surface area contributed by atoms with Gasteiger partial charge in [0.05, 0.1) is 5.01 Å². The number of rotatable bonds is 7. The van der Waals surface area contributed by atoms with E-state index in [9.17, 15) is 9.59 Å². The van der Waals surface area contributed by atoms with Gasteiger partial charge < -0.3 is 10.4 Å². The molecule has 0 saturated heterocycles. The van der Waals surface area contributed by atoms with Gasteiger partial charge in [0.2, 0.25) is 5.91 Å². The fourth-order valence-corrected chi connectivity index (χ4v) is 2.20. The van der Waals surface area contributed by atoms with Gasteiger partial charge in [-0.2, -0.15) is 0 Å². The van der Waals surface area contributed by atoms with Gasteiger partial charge in [-0.25, -0.2) is 9.78 Å². The van der Waals surface area contributed by atoms with Gasteiger partial charge in [0, 0.05) is 18.0 Å². The van der Waals surface area contributed by atoms with E-state index in [1.54, 1.807) is 31.4 Å². The summed E-state index contributed by atoms with van der Waals surface area (Å²) in [4.78, 5) is 26.6. The molecule has 5 nitrogen and oxygen atoms in total. The Balaban J connectivity index is 2.30. The molecular formula is C12H18N2O3S. The number of carboxylic acid groups (broad SMARTS) is 1. The molecular weight excluding hydrogens is 252 g/mol. The normalized spacial score (nSPS) is 12.4. The molecule has 0 bridgehead atoms. The predicted molar refractivity (Wildman–Crippen MR) is 69.5 cm³/mol. The van der Waals surface area contributed by atoms with Gasteiger partial charge in [-0.3, -0.25) is 4.79 Å². The number of nitrogens with one attached hydrogen (secondary N) is 1. The Kier molecular flexibility index (Phi) is 5.77. The second-order valence-corrected chi connectivity index (χ2v) is 5.39. The number of aryl methyl sites for hydroxylation is 1. The lowest BCUT2D eigenvalue weighted by atomic mass is 10.0. The van der Waals surface area contributed by atoms with E-state index in [0.29, 0.717) is 12.8 Å². The third-order valence-corrected chi connectivity index (χ3v) is 3.37. The van der Waals surface area contributed by atoms with Crippen LogP contribution in [0.15, 0.2) is 11.6 Å². The highest BCUT2D eigenvalue weighted by Gasteiger charge is 2.22. The molecule has 1 amide bonds. The molecule has 0 spiro atoms. The summed E-state index contributed by atoms with van der Waals surface area (Å²) in [6.07, 6.45) is 3.50. The van der Waals surface area contributed by atoms with Gasteiger partial charge in [-0.1, -0.05) is 13.8 Å².